The maximum absolute atomic E-state index is 12.6. The van der Waals surface area contributed by atoms with E-state index in [0.29, 0.717) is 11.5 Å². The standard InChI is InChI=1S/C25H23N5O2/c1-32-20-14-12-18(13-15-20)22-16-21(17-8-4-2-5-9-17)26-25-28-24(29-30(22)25)27-23(31)19-10-6-3-7-11-19/h2-15,21-22H,16H2,1H3,(H2,26,27,28,29,31). The van der Waals surface area contributed by atoms with Crippen molar-refractivity contribution >= 4 is 17.8 Å². The lowest BCUT2D eigenvalue weighted by Crippen LogP contribution is -2.28. The number of hydrogen-bond acceptors (Lipinski definition) is 5. The second-order valence-corrected chi connectivity index (χ2v) is 7.66. The highest BCUT2D eigenvalue weighted by atomic mass is 16.5. The fraction of sp³-hybridized carbons (Fsp3) is 0.160. The van der Waals surface area contributed by atoms with Crippen LogP contribution in [0.2, 0.25) is 0 Å². The molecule has 0 bridgehead atoms. The van der Waals surface area contributed by atoms with Crippen molar-refractivity contribution < 1.29 is 9.53 Å². The predicted octanol–water partition coefficient (Wildman–Crippen LogP) is 4.69. The summed E-state index contributed by atoms with van der Waals surface area (Å²) in [5, 5.41) is 10.9. The number of hydrogen-bond donors (Lipinski definition) is 2. The maximum Gasteiger partial charge on any atom is 0.258 e. The third-order valence-corrected chi connectivity index (χ3v) is 5.65. The van der Waals surface area contributed by atoms with Crippen molar-refractivity contribution in [2.75, 3.05) is 17.7 Å². The largest absolute Gasteiger partial charge is 0.497 e. The Morgan fingerprint density at radius 1 is 0.969 bits per heavy atom. The second kappa shape index (κ2) is 8.55. The Morgan fingerprint density at radius 2 is 1.66 bits per heavy atom. The smallest absolute Gasteiger partial charge is 0.258 e. The molecule has 32 heavy (non-hydrogen) atoms. The Hall–Kier alpha value is -4.13. The van der Waals surface area contributed by atoms with Crippen molar-refractivity contribution in [2.24, 2.45) is 0 Å². The number of anilines is 2. The number of aromatic nitrogens is 3. The Morgan fingerprint density at radius 3 is 2.34 bits per heavy atom. The van der Waals surface area contributed by atoms with E-state index in [2.05, 4.69) is 32.8 Å². The first-order valence-corrected chi connectivity index (χ1v) is 10.5. The summed E-state index contributed by atoms with van der Waals surface area (Å²) in [4.78, 5) is 17.2. The molecule has 2 N–H and O–H groups in total. The fourth-order valence-electron chi connectivity index (χ4n) is 4.00. The number of benzene rings is 3. The summed E-state index contributed by atoms with van der Waals surface area (Å²) in [6, 6.07) is 27.3. The Bertz CT molecular complexity index is 1210. The zero-order valence-electron chi connectivity index (χ0n) is 17.6. The number of carbonyl (C=O) groups excluding carboxylic acids is 1. The van der Waals surface area contributed by atoms with Gasteiger partial charge in [0.2, 0.25) is 5.95 Å². The molecule has 2 atom stereocenters. The first-order chi connectivity index (χ1) is 15.7. The molecule has 7 heteroatoms. The Labute approximate surface area is 186 Å². The molecule has 4 aromatic rings. The Balaban J connectivity index is 1.48. The Kier molecular flexibility index (Phi) is 5.29. The third kappa shape index (κ3) is 3.92. The number of rotatable bonds is 5. The summed E-state index contributed by atoms with van der Waals surface area (Å²) in [7, 11) is 1.65. The molecule has 5 rings (SSSR count). The quantitative estimate of drug-likeness (QED) is 0.485. The van der Waals surface area contributed by atoms with E-state index in [-0.39, 0.29) is 23.9 Å². The number of methoxy groups -OCH3 is 1. The summed E-state index contributed by atoms with van der Waals surface area (Å²) in [6.45, 7) is 0. The molecule has 0 fully saturated rings. The lowest BCUT2D eigenvalue weighted by molar-refractivity contribution is 0.102. The molecule has 0 saturated carbocycles. The van der Waals surface area contributed by atoms with Crippen molar-refractivity contribution in [1.29, 1.82) is 0 Å². The van der Waals surface area contributed by atoms with Crippen LogP contribution in [0.1, 0.15) is 40.0 Å². The van der Waals surface area contributed by atoms with Crippen molar-refractivity contribution in [3.8, 4) is 5.75 Å². The van der Waals surface area contributed by atoms with E-state index in [1.165, 1.54) is 5.56 Å². The molecule has 0 saturated heterocycles. The summed E-state index contributed by atoms with van der Waals surface area (Å²) in [5.74, 6) is 1.45. The van der Waals surface area contributed by atoms with Crippen LogP contribution in [0.3, 0.4) is 0 Å². The number of amides is 1. The summed E-state index contributed by atoms with van der Waals surface area (Å²) in [6.07, 6.45) is 0.790. The molecular weight excluding hydrogens is 402 g/mol. The van der Waals surface area contributed by atoms with Gasteiger partial charge in [0.1, 0.15) is 5.75 Å². The van der Waals surface area contributed by atoms with Crippen LogP contribution in [-0.2, 0) is 0 Å². The van der Waals surface area contributed by atoms with Gasteiger partial charge in [0.05, 0.1) is 19.2 Å². The van der Waals surface area contributed by atoms with E-state index in [9.17, 15) is 4.79 Å². The molecule has 7 nitrogen and oxygen atoms in total. The zero-order chi connectivity index (χ0) is 21.9. The fourth-order valence-corrected chi connectivity index (χ4v) is 4.00. The zero-order valence-corrected chi connectivity index (χ0v) is 17.6. The predicted molar refractivity (Wildman–Crippen MR) is 123 cm³/mol. The first kappa shape index (κ1) is 19.8. The van der Waals surface area contributed by atoms with Crippen LogP contribution in [0, 0.1) is 0 Å². The highest BCUT2D eigenvalue weighted by Gasteiger charge is 2.31. The molecule has 1 aliphatic rings. The second-order valence-electron chi connectivity index (χ2n) is 7.66. The lowest BCUT2D eigenvalue weighted by atomic mass is 9.93. The van der Waals surface area contributed by atoms with Crippen LogP contribution in [0.25, 0.3) is 0 Å². The van der Waals surface area contributed by atoms with Crippen molar-refractivity contribution in [3.05, 3.63) is 102 Å². The highest BCUT2D eigenvalue weighted by Crippen LogP contribution is 2.38. The minimum Gasteiger partial charge on any atom is -0.497 e. The summed E-state index contributed by atoms with van der Waals surface area (Å²) < 4.78 is 7.16. The first-order valence-electron chi connectivity index (χ1n) is 10.5. The third-order valence-electron chi connectivity index (χ3n) is 5.65. The van der Waals surface area contributed by atoms with E-state index >= 15 is 0 Å². The van der Waals surface area contributed by atoms with Gasteiger partial charge in [-0.25, -0.2) is 4.68 Å². The van der Waals surface area contributed by atoms with Gasteiger partial charge in [-0.05, 0) is 41.8 Å². The van der Waals surface area contributed by atoms with Crippen molar-refractivity contribution in [2.45, 2.75) is 18.5 Å². The van der Waals surface area contributed by atoms with Gasteiger partial charge in [0, 0.05) is 5.56 Å². The average molecular weight is 425 g/mol. The molecule has 2 heterocycles. The van der Waals surface area contributed by atoms with Crippen LogP contribution in [0.4, 0.5) is 11.9 Å². The molecule has 1 amide bonds. The molecule has 0 spiro atoms. The van der Waals surface area contributed by atoms with Crippen LogP contribution in [-0.4, -0.2) is 27.8 Å². The van der Waals surface area contributed by atoms with Gasteiger partial charge in [-0.3, -0.25) is 10.1 Å². The van der Waals surface area contributed by atoms with Crippen LogP contribution in [0.15, 0.2) is 84.9 Å². The summed E-state index contributed by atoms with van der Waals surface area (Å²) in [5.41, 5.74) is 2.83. The number of nitrogens with one attached hydrogen (secondary N) is 2. The number of nitrogens with zero attached hydrogens (tertiary/aromatic N) is 3. The monoisotopic (exact) mass is 425 g/mol. The van der Waals surface area contributed by atoms with E-state index in [1.54, 1.807) is 19.2 Å². The van der Waals surface area contributed by atoms with Gasteiger partial charge in [-0.2, -0.15) is 4.98 Å². The van der Waals surface area contributed by atoms with E-state index in [4.69, 9.17) is 4.74 Å². The molecule has 2 unspecified atom stereocenters. The number of fused-ring (bicyclic) bond motifs is 1. The van der Waals surface area contributed by atoms with Gasteiger partial charge in [-0.15, -0.1) is 5.10 Å². The van der Waals surface area contributed by atoms with Crippen LogP contribution < -0.4 is 15.4 Å². The number of carbonyl (C=O) groups is 1. The van der Waals surface area contributed by atoms with Gasteiger partial charge in [0.15, 0.2) is 0 Å². The lowest BCUT2D eigenvalue weighted by Gasteiger charge is -2.31. The van der Waals surface area contributed by atoms with Gasteiger partial charge in [-0.1, -0.05) is 60.7 Å². The normalized spacial score (nSPS) is 17.2. The molecular formula is C25H23N5O2. The molecule has 160 valence electrons. The van der Waals surface area contributed by atoms with Gasteiger partial charge >= 0.3 is 0 Å². The maximum atomic E-state index is 12.6. The average Bonchev–Trinajstić information content (AvgIpc) is 3.27. The van der Waals surface area contributed by atoms with Crippen molar-refractivity contribution in [1.82, 2.24) is 14.8 Å². The van der Waals surface area contributed by atoms with Gasteiger partial charge in [0.25, 0.3) is 11.9 Å². The number of ether oxygens (including phenoxy) is 1. The molecule has 1 aromatic heterocycles. The van der Waals surface area contributed by atoms with Crippen LogP contribution >= 0.6 is 0 Å². The van der Waals surface area contributed by atoms with E-state index in [0.717, 1.165) is 17.7 Å². The molecule has 0 aliphatic carbocycles. The SMILES string of the molecule is COc1ccc(C2CC(c3ccccc3)Nc3nc(NC(=O)c4ccccc4)nn32)cc1. The van der Waals surface area contributed by atoms with E-state index < -0.39 is 0 Å². The minimum atomic E-state index is -0.242. The highest BCUT2D eigenvalue weighted by molar-refractivity contribution is 6.03. The molecule has 1 aliphatic heterocycles. The van der Waals surface area contributed by atoms with E-state index in [1.807, 2.05) is 65.3 Å². The molecule has 0 radical (unpaired) electrons. The van der Waals surface area contributed by atoms with Crippen molar-refractivity contribution in [3.63, 3.8) is 0 Å². The molecule has 3 aromatic carbocycles. The van der Waals surface area contributed by atoms with Crippen LogP contribution in [0.5, 0.6) is 5.75 Å². The minimum absolute atomic E-state index is 0.0442. The van der Waals surface area contributed by atoms with Gasteiger partial charge < -0.3 is 10.1 Å². The summed E-state index contributed by atoms with van der Waals surface area (Å²) >= 11 is 0. The topological polar surface area (TPSA) is 81.1 Å².